The molecule has 1 N–H and O–H groups in total. The van der Waals surface area contributed by atoms with E-state index < -0.39 is 0 Å². The van der Waals surface area contributed by atoms with E-state index in [2.05, 4.69) is 10.2 Å². The van der Waals surface area contributed by atoms with Gasteiger partial charge in [-0.15, -0.1) is 0 Å². The highest BCUT2D eigenvalue weighted by atomic mass is 16.5. The predicted octanol–water partition coefficient (Wildman–Crippen LogP) is 0.962. The second kappa shape index (κ2) is 9.01. The zero-order chi connectivity index (χ0) is 17.5. The van der Waals surface area contributed by atoms with E-state index in [0.29, 0.717) is 13.2 Å². The van der Waals surface area contributed by atoms with E-state index in [9.17, 15) is 4.79 Å². The number of amides is 1. The third-order valence-electron chi connectivity index (χ3n) is 4.32. The molecular formula is C18H29N3O3. The van der Waals surface area contributed by atoms with Crippen molar-refractivity contribution >= 4 is 5.91 Å². The summed E-state index contributed by atoms with van der Waals surface area (Å²) in [5.41, 5.74) is 1.04. The lowest BCUT2D eigenvalue weighted by Gasteiger charge is -2.18. The molecule has 0 bridgehead atoms. The third-order valence-corrected chi connectivity index (χ3v) is 4.32. The van der Waals surface area contributed by atoms with Crippen LogP contribution in [0.1, 0.15) is 12.0 Å². The van der Waals surface area contributed by atoms with Crippen molar-refractivity contribution in [1.82, 2.24) is 15.1 Å². The molecule has 1 aliphatic heterocycles. The molecule has 2 atom stereocenters. The zero-order valence-corrected chi connectivity index (χ0v) is 15.1. The first-order valence-electron chi connectivity index (χ1n) is 8.37. The SMILES string of the molecule is CO[C@H]1C[C@@H](C(=O)NCc2cccc(OCCN(C)C)c2)N(C)C1. The van der Waals surface area contributed by atoms with Crippen LogP contribution >= 0.6 is 0 Å². The average molecular weight is 335 g/mol. The first-order chi connectivity index (χ1) is 11.5. The molecule has 6 nitrogen and oxygen atoms in total. The van der Waals surface area contributed by atoms with Crippen molar-refractivity contribution in [1.29, 1.82) is 0 Å². The van der Waals surface area contributed by atoms with Crippen molar-refractivity contribution in [2.75, 3.05) is 47.9 Å². The van der Waals surface area contributed by atoms with Gasteiger partial charge >= 0.3 is 0 Å². The molecule has 2 rings (SSSR count). The number of likely N-dealkylation sites (tertiary alicyclic amines) is 1. The Kier molecular flexibility index (Phi) is 7.02. The minimum absolute atomic E-state index is 0.0518. The van der Waals surface area contributed by atoms with Gasteiger partial charge in [-0.3, -0.25) is 9.69 Å². The third kappa shape index (κ3) is 5.47. The standard InChI is InChI=1S/C18H29N3O3/c1-20(2)8-9-24-15-7-5-6-14(10-15)12-19-18(22)17-11-16(23-4)13-21(17)3/h5-7,10,16-17H,8-9,11-13H2,1-4H3,(H,19,22)/t16-,17-/m0/s1. The summed E-state index contributed by atoms with van der Waals surface area (Å²) in [5.74, 6) is 0.886. The lowest BCUT2D eigenvalue weighted by Crippen LogP contribution is -2.41. The van der Waals surface area contributed by atoms with E-state index in [-0.39, 0.29) is 18.1 Å². The molecule has 6 heteroatoms. The van der Waals surface area contributed by atoms with Crippen LogP contribution in [-0.4, -0.2) is 75.8 Å². The smallest absolute Gasteiger partial charge is 0.237 e. The van der Waals surface area contributed by atoms with Gasteiger partial charge in [0.1, 0.15) is 12.4 Å². The molecule has 1 fully saturated rings. The Morgan fingerprint density at radius 2 is 2.21 bits per heavy atom. The van der Waals surface area contributed by atoms with Crippen LogP contribution in [0.3, 0.4) is 0 Å². The van der Waals surface area contributed by atoms with Crippen molar-refractivity contribution in [2.45, 2.75) is 25.1 Å². The number of carbonyl (C=O) groups is 1. The zero-order valence-electron chi connectivity index (χ0n) is 15.1. The number of carbonyl (C=O) groups excluding carboxylic acids is 1. The summed E-state index contributed by atoms with van der Waals surface area (Å²) in [6.07, 6.45) is 0.881. The molecule has 0 saturated carbocycles. The molecule has 0 aromatic heterocycles. The molecule has 0 radical (unpaired) electrons. The largest absolute Gasteiger partial charge is 0.492 e. The fraction of sp³-hybridized carbons (Fsp3) is 0.611. The van der Waals surface area contributed by atoms with Crippen LogP contribution in [0, 0.1) is 0 Å². The lowest BCUT2D eigenvalue weighted by molar-refractivity contribution is -0.125. The summed E-state index contributed by atoms with van der Waals surface area (Å²) in [5, 5.41) is 3.02. The maximum atomic E-state index is 12.4. The monoisotopic (exact) mass is 335 g/mol. The Bertz CT molecular complexity index is 536. The van der Waals surface area contributed by atoms with Crippen molar-refractivity contribution < 1.29 is 14.3 Å². The Balaban J connectivity index is 1.82. The number of methoxy groups -OCH3 is 1. The Morgan fingerprint density at radius 3 is 2.88 bits per heavy atom. The normalized spacial score (nSPS) is 21.2. The second-order valence-electron chi connectivity index (χ2n) is 6.57. The molecular weight excluding hydrogens is 306 g/mol. The van der Waals surface area contributed by atoms with E-state index in [1.807, 2.05) is 50.3 Å². The first-order valence-corrected chi connectivity index (χ1v) is 8.37. The number of likely N-dealkylation sites (N-methyl/N-ethyl adjacent to an activating group) is 2. The fourth-order valence-electron chi connectivity index (χ4n) is 2.83. The molecule has 1 aromatic carbocycles. The second-order valence-corrected chi connectivity index (χ2v) is 6.57. The highest BCUT2D eigenvalue weighted by molar-refractivity contribution is 5.82. The average Bonchev–Trinajstić information content (AvgIpc) is 2.94. The van der Waals surface area contributed by atoms with Crippen LogP contribution in [0.2, 0.25) is 0 Å². The minimum atomic E-state index is -0.116. The highest BCUT2D eigenvalue weighted by Gasteiger charge is 2.34. The fourth-order valence-corrected chi connectivity index (χ4v) is 2.83. The van der Waals surface area contributed by atoms with E-state index in [1.54, 1.807) is 7.11 Å². The van der Waals surface area contributed by atoms with Gasteiger partial charge in [-0.05, 0) is 45.3 Å². The van der Waals surface area contributed by atoms with Crippen molar-refractivity contribution in [3.63, 3.8) is 0 Å². The molecule has 134 valence electrons. The van der Waals surface area contributed by atoms with Crippen LogP contribution in [0.15, 0.2) is 24.3 Å². The van der Waals surface area contributed by atoms with Gasteiger partial charge in [-0.2, -0.15) is 0 Å². The number of rotatable bonds is 8. The maximum Gasteiger partial charge on any atom is 0.237 e. The number of nitrogens with zero attached hydrogens (tertiary/aromatic N) is 2. The van der Waals surface area contributed by atoms with E-state index >= 15 is 0 Å². The van der Waals surface area contributed by atoms with Crippen LogP contribution in [-0.2, 0) is 16.1 Å². The van der Waals surface area contributed by atoms with Crippen molar-refractivity contribution in [2.24, 2.45) is 0 Å². The maximum absolute atomic E-state index is 12.4. The summed E-state index contributed by atoms with van der Waals surface area (Å²) in [4.78, 5) is 16.5. The Morgan fingerprint density at radius 1 is 1.42 bits per heavy atom. The molecule has 24 heavy (non-hydrogen) atoms. The van der Waals surface area contributed by atoms with Gasteiger partial charge in [0.05, 0.1) is 12.1 Å². The van der Waals surface area contributed by atoms with Crippen LogP contribution in [0.5, 0.6) is 5.75 Å². The molecule has 0 aliphatic carbocycles. The minimum Gasteiger partial charge on any atom is -0.492 e. The summed E-state index contributed by atoms with van der Waals surface area (Å²) >= 11 is 0. The van der Waals surface area contributed by atoms with Crippen molar-refractivity contribution in [3.8, 4) is 5.75 Å². The van der Waals surface area contributed by atoms with E-state index in [4.69, 9.17) is 9.47 Å². The number of hydrogen-bond acceptors (Lipinski definition) is 5. The molecule has 0 spiro atoms. The van der Waals surface area contributed by atoms with Gasteiger partial charge in [0.15, 0.2) is 0 Å². The van der Waals surface area contributed by atoms with Crippen molar-refractivity contribution in [3.05, 3.63) is 29.8 Å². The van der Waals surface area contributed by atoms with E-state index in [0.717, 1.165) is 30.8 Å². The molecule has 1 aliphatic rings. The van der Waals surface area contributed by atoms with Gasteiger partial charge in [0, 0.05) is 26.7 Å². The number of nitrogens with one attached hydrogen (secondary N) is 1. The molecule has 1 aromatic rings. The summed E-state index contributed by atoms with van der Waals surface area (Å²) in [7, 11) is 7.69. The molecule has 1 saturated heterocycles. The van der Waals surface area contributed by atoms with Gasteiger partial charge in [0.2, 0.25) is 5.91 Å². The number of benzene rings is 1. The van der Waals surface area contributed by atoms with Gasteiger partial charge in [-0.25, -0.2) is 0 Å². The summed E-state index contributed by atoms with van der Waals surface area (Å²) in [6, 6.07) is 7.75. The Hall–Kier alpha value is -1.63. The first kappa shape index (κ1) is 18.7. The predicted molar refractivity (Wildman–Crippen MR) is 94.2 cm³/mol. The number of hydrogen-bond donors (Lipinski definition) is 1. The van der Waals surface area contributed by atoms with Gasteiger partial charge in [0.25, 0.3) is 0 Å². The van der Waals surface area contributed by atoms with Crippen LogP contribution in [0.25, 0.3) is 0 Å². The lowest BCUT2D eigenvalue weighted by atomic mass is 10.1. The summed E-state index contributed by atoms with van der Waals surface area (Å²) in [6.45, 7) is 2.82. The van der Waals surface area contributed by atoms with Gasteiger partial charge < -0.3 is 19.7 Å². The topological polar surface area (TPSA) is 54.0 Å². The van der Waals surface area contributed by atoms with Crippen LogP contribution < -0.4 is 10.1 Å². The molecule has 1 heterocycles. The summed E-state index contributed by atoms with van der Waals surface area (Å²) < 4.78 is 11.1. The molecule has 1 amide bonds. The number of ether oxygens (including phenoxy) is 2. The van der Waals surface area contributed by atoms with Crippen LogP contribution in [0.4, 0.5) is 0 Å². The van der Waals surface area contributed by atoms with E-state index in [1.165, 1.54) is 0 Å². The van der Waals surface area contributed by atoms with Gasteiger partial charge in [-0.1, -0.05) is 12.1 Å². The highest BCUT2D eigenvalue weighted by Crippen LogP contribution is 2.18. The quantitative estimate of drug-likeness (QED) is 0.767. The Labute approximate surface area is 144 Å². The molecule has 0 unspecified atom stereocenters.